The first-order valence-electron chi connectivity index (χ1n) is 16.7. The molecule has 3 aliphatic rings. The number of anilines is 1. The summed E-state index contributed by atoms with van der Waals surface area (Å²) in [7, 11) is 1.85. The van der Waals surface area contributed by atoms with Crippen LogP contribution in [0.2, 0.25) is 0 Å². The van der Waals surface area contributed by atoms with E-state index in [1.54, 1.807) is 40.3 Å². The zero-order valence-corrected chi connectivity index (χ0v) is 29.1. The fourth-order valence-electron chi connectivity index (χ4n) is 6.64. The predicted octanol–water partition coefficient (Wildman–Crippen LogP) is 4.57. The minimum Gasteiger partial charge on any atom is -0.474 e. The lowest BCUT2D eigenvalue weighted by molar-refractivity contribution is -0.133. The van der Waals surface area contributed by atoms with E-state index in [4.69, 9.17) is 4.74 Å². The maximum Gasteiger partial charge on any atom is 0.241 e. The molecule has 0 unspecified atom stereocenters. The van der Waals surface area contributed by atoms with Crippen LogP contribution in [0.5, 0.6) is 5.88 Å². The van der Waals surface area contributed by atoms with Gasteiger partial charge < -0.3 is 15.0 Å². The van der Waals surface area contributed by atoms with E-state index in [2.05, 4.69) is 40.5 Å². The molecule has 2 aliphatic heterocycles. The van der Waals surface area contributed by atoms with E-state index in [1.807, 2.05) is 54.7 Å². The average Bonchev–Trinajstić information content (AvgIpc) is 3.52. The monoisotopic (exact) mass is 698 g/mol. The molecule has 2 amide bonds. The van der Waals surface area contributed by atoms with Crippen molar-refractivity contribution in [2.24, 2.45) is 7.05 Å². The first kappa shape index (κ1) is 31.9. The van der Waals surface area contributed by atoms with Gasteiger partial charge in [-0.2, -0.15) is 10.2 Å². The zero-order valence-electron chi connectivity index (χ0n) is 27.5. The molecule has 1 aromatic carbocycles. The molecule has 6 heterocycles. The topological polar surface area (TPSA) is 147 Å². The van der Waals surface area contributed by atoms with E-state index < -0.39 is 4.75 Å². The molecule has 1 aliphatic carbocycles. The molecule has 3 fully saturated rings. The van der Waals surface area contributed by atoms with Gasteiger partial charge in [0.15, 0.2) is 5.82 Å². The van der Waals surface area contributed by atoms with Crippen LogP contribution in [0.1, 0.15) is 43.0 Å². The zero-order chi connectivity index (χ0) is 33.5. The number of piperidine rings is 1. The second-order valence-electron chi connectivity index (χ2n) is 13.1. The van der Waals surface area contributed by atoms with Crippen LogP contribution in [0.3, 0.4) is 0 Å². The molecule has 1 atom stereocenters. The number of carbonyl (C=O) groups excluding carboxylic acids is 2. The summed E-state index contributed by atoms with van der Waals surface area (Å²) in [4.78, 5) is 45.7. The SMILES string of the molecule is CS[C@@]1(C(=O)Nc2ccc3[nH]nc(-c4ccc(OC5CC5)nc4)c3c2)CCN(CC(=O)N2CCC(c3ncc(-c4ncn(C)n4)s3)CC2)C1. The third-order valence-electron chi connectivity index (χ3n) is 9.66. The summed E-state index contributed by atoms with van der Waals surface area (Å²) >= 11 is 3.19. The molecule has 254 valence electrons. The highest BCUT2D eigenvalue weighted by molar-refractivity contribution is 8.00. The van der Waals surface area contributed by atoms with Crippen molar-refractivity contribution in [3.8, 4) is 27.8 Å². The molecule has 8 rings (SSSR count). The summed E-state index contributed by atoms with van der Waals surface area (Å²) in [5, 5.41) is 17.2. The van der Waals surface area contributed by atoms with Gasteiger partial charge in [-0.05, 0) is 62.6 Å². The number of carbonyl (C=O) groups is 2. The number of nitrogens with one attached hydrogen (secondary N) is 2. The Bertz CT molecular complexity index is 1980. The molecule has 0 radical (unpaired) electrons. The Morgan fingerprint density at radius 3 is 2.67 bits per heavy atom. The molecule has 2 saturated heterocycles. The minimum atomic E-state index is -0.645. The molecular weight excluding hydrogens is 661 g/mol. The van der Waals surface area contributed by atoms with E-state index in [0.29, 0.717) is 62.5 Å². The quantitative estimate of drug-likeness (QED) is 0.213. The van der Waals surface area contributed by atoms with Crippen LogP contribution in [0.15, 0.2) is 49.1 Å². The molecular formula is C34H38N10O3S2. The van der Waals surface area contributed by atoms with E-state index >= 15 is 0 Å². The number of benzene rings is 1. The van der Waals surface area contributed by atoms with Crippen LogP contribution >= 0.6 is 23.1 Å². The molecule has 49 heavy (non-hydrogen) atoms. The average molecular weight is 699 g/mol. The van der Waals surface area contributed by atoms with Gasteiger partial charge in [0.25, 0.3) is 0 Å². The van der Waals surface area contributed by atoms with E-state index in [0.717, 1.165) is 57.7 Å². The number of likely N-dealkylation sites (tertiary alicyclic amines) is 2. The highest BCUT2D eigenvalue weighted by Gasteiger charge is 2.45. The number of thioether (sulfide) groups is 1. The van der Waals surface area contributed by atoms with E-state index in [1.165, 1.54) is 0 Å². The van der Waals surface area contributed by atoms with Gasteiger partial charge in [0.2, 0.25) is 17.7 Å². The number of thiazole rings is 1. The molecule has 0 spiro atoms. The number of ether oxygens (including phenoxy) is 1. The lowest BCUT2D eigenvalue weighted by Crippen LogP contribution is -2.46. The summed E-state index contributed by atoms with van der Waals surface area (Å²) in [6, 6.07) is 9.61. The van der Waals surface area contributed by atoms with Gasteiger partial charge in [-0.15, -0.1) is 23.1 Å². The minimum absolute atomic E-state index is 0.0490. The molecule has 0 bridgehead atoms. The standard InChI is InChI=1S/C34H38N10O3S2/c1-42-20-37-31(41-42)27-17-36-32(49-27)21-9-12-44(13-10-21)29(45)18-43-14-11-34(19-43,48-2)33(46)38-23-4-7-26-25(15-23)30(40-39-26)22-3-8-28(35-16-22)47-24-5-6-24/h3-4,7-8,15-17,20-21,24H,5-6,9-14,18-19H2,1-2H3,(H,38,46)(H,39,40)/t34-/m0/s1. The summed E-state index contributed by atoms with van der Waals surface area (Å²) in [6.45, 7) is 2.93. The Hall–Kier alpha value is -4.34. The lowest BCUT2D eigenvalue weighted by atomic mass is 9.97. The molecule has 5 aromatic rings. The summed E-state index contributed by atoms with van der Waals surface area (Å²) in [5.74, 6) is 1.72. The molecule has 2 N–H and O–H groups in total. The maximum absolute atomic E-state index is 13.8. The Balaban J connectivity index is 0.864. The van der Waals surface area contributed by atoms with Crippen LogP contribution in [0.25, 0.3) is 32.9 Å². The van der Waals surface area contributed by atoms with Crippen molar-refractivity contribution >= 4 is 51.5 Å². The largest absolute Gasteiger partial charge is 0.474 e. The van der Waals surface area contributed by atoms with Crippen molar-refractivity contribution in [3.05, 3.63) is 54.1 Å². The number of aryl methyl sites for hydroxylation is 1. The maximum atomic E-state index is 13.8. The Morgan fingerprint density at radius 1 is 1.08 bits per heavy atom. The second kappa shape index (κ2) is 13.2. The van der Waals surface area contributed by atoms with Crippen LogP contribution in [0.4, 0.5) is 5.69 Å². The summed E-state index contributed by atoms with van der Waals surface area (Å²) in [6.07, 6.45) is 12.2. The first-order chi connectivity index (χ1) is 23.9. The molecule has 1 saturated carbocycles. The predicted molar refractivity (Wildman–Crippen MR) is 190 cm³/mol. The van der Waals surface area contributed by atoms with Crippen molar-refractivity contribution in [1.29, 1.82) is 0 Å². The van der Waals surface area contributed by atoms with Crippen LogP contribution in [-0.2, 0) is 16.6 Å². The smallest absolute Gasteiger partial charge is 0.241 e. The number of pyridine rings is 1. The lowest BCUT2D eigenvalue weighted by Gasteiger charge is -2.32. The number of hydrogen-bond donors (Lipinski definition) is 2. The van der Waals surface area contributed by atoms with Gasteiger partial charge in [0.05, 0.1) is 21.9 Å². The second-order valence-corrected chi connectivity index (χ2v) is 15.4. The van der Waals surface area contributed by atoms with Crippen molar-refractivity contribution in [2.45, 2.75) is 48.9 Å². The number of amides is 2. The molecule has 4 aromatic heterocycles. The normalized spacial score (nSPS) is 20.2. The Labute approximate surface area is 291 Å². The first-order valence-corrected chi connectivity index (χ1v) is 18.7. The van der Waals surface area contributed by atoms with Crippen molar-refractivity contribution in [3.63, 3.8) is 0 Å². The van der Waals surface area contributed by atoms with Gasteiger partial charge in [-0.25, -0.2) is 15.0 Å². The molecule has 15 heteroatoms. The number of hydrogen-bond acceptors (Lipinski definition) is 11. The van der Waals surface area contributed by atoms with E-state index in [9.17, 15) is 9.59 Å². The number of nitrogens with zero attached hydrogens (tertiary/aromatic N) is 8. The highest BCUT2D eigenvalue weighted by Crippen LogP contribution is 2.37. The number of rotatable bonds is 10. The van der Waals surface area contributed by atoms with Gasteiger partial charge in [-0.3, -0.25) is 24.3 Å². The van der Waals surface area contributed by atoms with Crippen molar-refractivity contribution in [1.82, 2.24) is 44.7 Å². The van der Waals surface area contributed by atoms with Gasteiger partial charge >= 0.3 is 0 Å². The Morgan fingerprint density at radius 2 is 1.94 bits per heavy atom. The number of H-pyrrole nitrogens is 1. The summed E-state index contributed by atoms with van der Waals surface area (Å²) in [5.41, 5.74) is 3.22. The van der Waals surface area contributed by atoms with Gasteiger partial charge in [0.1, 0.15) is 22.9 Å². The highest BCUT2D eigenvalue weighted by atomic mass is 32.2. The third kappa shape index (κ3) is 6.66. The summed E-state index contributed by atoms with van der Waals surface area (Å²) < 4.78 is 6.84. The Kier molecular flexibility index (Phi) is 8.58. The van der Waals surface area contributed by atoms with E-state index in [-0.39, 0.29) is 17.9 Å². The van der Waals surface area contributed by atoms with Crippen molar-refractivity contribution < 1.29 is 14.3 Å². The van der Waals surface area contributed by atoms with Crippen LogP contribution < -0.4 is 10.1 Å². The van der Waals surface area contributed by atoms with Crippen LogP contribution in [-0.4, -0.2) is 106 Å². The fraction of sp³-hybridized carbons (Fsp3) is 0.441. The van der Waals surface area contributed by atoms with Gasteiger partial charge in [-0.1, -0.05) is 0 Å². The number of aromatic amines is 1. The van der Waals surface area contributed by atoms with Gasteiger partial charge in [0, 0.05) is 74.2 Å². The van der Waals surface area contributed by atoms with Crippen molar-refractivity contribution in [2.75, 3.05) is 44.3 Å². The number of aromatic nitrogens is 7. The molecule has 13 nitrogen and oxygen atoms in total. The third-order valence-corrected chi connectivity index (χ3v) is 12.1. The fourth-order valence-corrected chi connectivity index (χ4v) is 8.51. The van der Waals surface area contributed by atoms with Crippen LogP contribution in [0, 0.1) is 0 Å². The number of fused-ring (bicyclic) bond motifs is 1.